The summed E-state index contributed by atoms with van der Waals surface area (Å²) in [4.78, 5) is 15.9. The van der Waals surface area contributed by atoms with Gasteiger partial charge in [0.2, 0.25) is 0 Å². The van der Waals surface area contributed by atoms with Crippen molar-refractivity contribution in [2.24, 2.45) is 4.99 Å². The molecule has 1 aliphatic carbocycles. The third kappa shape index (κ3) is 8.94. The number of carbonyl (C=O) groups is 1. The van der Waals surface area contributed by atoms with Gasteiger partial charge >= 0.3 is 0 Å². The number of amides is 1. The van der Waals surface area contributed by atoms with Gasteiger partial charge < -0.3 is 20.7 Å². The molecule has 1 fully saturated rings. The molecule has 0 unspecified atom stereocenters. The van der Waals surface area contributed by atoms with Crippen molar-refractivity contribution in [3.05, 3.63) is 29.8 Å². The number of carbonyl (C=O) groups excluding carboxylic acids is 1. The summed E-state index contributed by atoms with van der Waals surface area (Å²) >= 11 is 0. The molecule has 0 saturated heterocycles. The minimum atomic E-state index is -0.0594. The zero-order valence-corrected chi connectivity index (χ0v) is 17.7. The number of nitrogens with one attached hydrogen (secondary N) is 3. The number of halogens is 1. The van der Waals surface area contributed by atoms with Crippen molar-refractivity contribution in [2.45, 2.75) is 51.7 Å². The van der Waals surface area contributed by atoms with E-state index in [0.29, 0.717) is 18.3 Å². The first-order valence-corrected chi connectivity index (χ1v) is 8.35. The molecule has 1 saturated carbocycles. The predicted octanol–water partition coefficient (Wildman–Crippen LogP) is 2.43. The average Bonchev–Trinajstić information content (AvgIpc) is 3.32. The number of guanidine groups is 1. The van der Waals surface area contributed by atoms with Gasteiger partial charge in [0.1, 0.15) is 5.75 Å². The van der Waals surface area contributed by atoms with Crippen molar-refractivity contribution in [3.8, 4) is 5.75 Å². The van der Waals surface area contributed by atoms with Crippen LogP contribution in [0.2, 0.25) is 0 Å². The third-order valence-corrected chi connectivity index (χ3v) is 3.39. The van der Waals surface area contributed by atoms with Gasteiger partial charge in [-0.15, -0.1) is 24.0 Å². The monoisotopic (exact) mass is 460 g/mol. The third-order valence-electron chi connectivity index (χ3n) is 3.39. The van der Waals surface area contributed by atoms with Gasteiger partial charge in [-0.25, -0.2) is 0 Å². The Morgan fingerprint density at radius 1 is 1.32 bits per heavy atom. The smallest absolute Gasteiger partial charge is 0.258 e. The summed E-state index contributed by atoms with van der Waals surface area (Å²) in [6, 6.07) is 8.08. The van der Waals surface area contributed by atoms with Crippen molar-refractivity contribution in [2.75, 3.05) is 13.7 Å². The van der Waals surface area contributed by atoms with Crippen LogP contribution in [0.15, 0.2) is 29.3 Å². The molecule has 2 rings (SSSR count). The van der Waals surface area contributed by atoms with Crippen LogP contribution in [0.4, 0.5) is 0 Å². The minimum absolute atomic E-state index is 0. The van der Waals surface area contributed by atoms with Crippen molar-refractivity contribution < 1.29 is 9.53 Å². The van der Waals surface area contributed by atoms with Gasteiger partial charge in [0, 0.05) is 25.2 Å². The fourth-order valence-corrected chi connectivity index (χ4v) is 2.11. The molecule has 0 aliphatic heterocycles. The van der Waals surface area contributed by atoms with Crippen LogP contribution in [-0.2, 0) is 11.3 Å². The topological polar surface area (TPSA) is 74.8 Å². The quantitative estimate of drug-likeness (QED) is 0.347. The number of ether oxygens (including phenoxy) is 1. The molecule has 1 amide bonds. The maximum atomic E-state index is 11.7. The molecule has 0 atom stereocenters. The highest BCUT2D eigenvalue weighted by atomic mass is 127. The number of hydrogen-bond donors (Lipinski definition) is 3. The first-order chi connectivity index (χ1) is 11.4. The zero-order chi connectivity index (χ0) is 17.6. The van der Waals surface area contributed by atoms with E-state index >= 15 is 0 Å². The number of hydrogen-bond acceptors (Lipinski definition) is 3. The lowest BCUT2D eigenvalue weighted by atomic mass is 10.1. The molecule has 25 heavy (non-hydrogen) atoms. The Balaban J connectivity index is 0.00000312. The van der Waals surface area contributed by atoms with Crippen molar-refractivity contribution >= 4 is 35.8 Å². The Morgan fingerprint density at radius 3 is 2.64 bits per heavy atom. The number of nitrogens with zero attached hydrogens (tertiary/aromatic N) is 1. The summed E-state index contributed by atoms with van der Waals surface area (Å²) in [5.74, 6) is 1.38. The van der Waals surface area contributed by atoms with Crippen LogP contribution in [0.1, 0.15) is 39.2 Å². The van der Waals surface area contributed by atoms with Gasteiger partial charge in [-0.3, -0.25) is 9.79 Å². The van der Waals surface area contributed by atoms with E-state index in [1.54, 1.807) is 7.05 Å². The van der Waals surface area contributed by atoms with Gasteiger partial charge in [-0.05, 0) is 51.3 Å². The van der Waals surface area contributed by atoms with E-state index in [2.05, 4.69) is 41.7 Å². The molecule has 0 heterocycles. The second-order valence-electron chi connectivity index (χ2n) is 7.08. The standard InChI is InChI=1S/C18H28N4O2.HI/c1-18(2,3)22-17(19-4)20-11-13-6-5-7-15(10-13)24-12-16(23)21-14-8-9-14;/h5-7,10,14H,8-9,11-12H2,1-4H3,(H,21,23)(H2,19,20,22);1H. The van der Waals surface area contributed by atoms with E-state index in [9.17, 15) is 4.79 Å². The van der Waals surface area contributed by atoms with Crippen molar-refractivity contribution in [1.29, 1.82) is 0 Å². The lowest BCUT2D eigenvalue weighted by Gasteiger charge is -2.23. The van der Waals surface area contributed by atoms with Crippen LogP contribution < -0.4 is 20.7 Å². The fourth-order valence-electron chi connectivity index (χ4n) is 2.11. The maximum Gasteiger partial charge on any atom is 0.258 e. The Labute approximate surface area is 167 Å². The van der Waals surface area contributed by atoms with Crippen LogP contribution in [0, 0.1) is 0 Å². The molecule has 3 N–H and O–H groups in total. The van der Waals surface area contributed by atoms with E-state index in [-0.39, 0.29) is 42.0 Å². The average molecular weight is 460 g/mol. The number of rotatable bonds is 6. The highest BCUT2D eigenvalue weighted by Gasteiger charge is 2.23. The summed E-state index contributed by atoms with van der Waals surface area (Å²) in [6.07, 6.45) is 2.16. The van der Waals surface area contributed by atoms with Crippen molar-refractivity contribution in [1.82, 2.24) is 16.0 Å². The van der Waals surface area contributed by atoms with Crippen LogP contribution >= 0.6 is 24.0 Å². The summed E-state index contributed by atoms with van der Waals surface area (Å²) in [6.45, 7) is 6.94. The maximum absolute atomic E-state index is 11.7. The number of aliphatic imine (C=N–C) groups is 1. The largest absolute Gasteiger partial charge is 0.484 e. The molecule has 1 aromatic carbocycles. The van der Waals surface area contributed by atoms with Gasteiger partial charge in [0.05, 0.1) is 0 Å². The lowest BCUT2D eigenvalue weighted by Crippen LogP contribution is -2.47. The highest BCUT2D eigenvalue weighted by molar-refractivity contribution is 14.0. The Kier molecular flexibility index (Phi) is 8.47. The molecule has 1 aromatic rings. The van der Waals surface area contributed by atoms with Crippen LogP contribution in [0.3, 0.4) is 0 Å². The second-order valence-corrected chi connectivity index (χ2v) is 7.08. The van der Waals surface area contributed by atoms with Crippen LogP contribution in [0.5, 0.6) is 5.75 Å². The van der Waals surface area contributed by atoms with E-state index < -0.39 is 0 Å². The highest BCUT2D eigenvalue weighted by Crippen LogP contribution is 2.18. The first kappa shape index (κ1) is 21.5. The van der Waals surface area contributed by atoms with E-state index in [4.69, 9.17) is 4.74 Å². The molecule has 0 spiro atoms. The number of benzene rings is 1. The molecule has 0 bridgehead atoms. The molecule has 140 valence electrons. The lowest BCUT2D eigenvalue weighted by molar-refractivity contribution is -0.123. The molecule has 1 aliphatic rings. The Hall–Kier alpha value is -1.51. The summed E-state index contributed by atoms with van der Waals surface area (Å²) in [5.41, 5.74) is 1.01. The summed E-state index contributed by atoms with van der Waals surface area (Å²) in [5, 5.41) is 9.49. The first-order valence-electron chi connectivity index (χ1n) is 8.35. The predicted molar refractivity (Wildman–Crippen MR) is 112 cm³/mol. The van der Waals surface area contributed by atoms with Gasteiger partial charge in [0.15, 0.2) is 12.6 Å². The summed E-state index contributed by atoms with van der Waals surface area (Å²) in [7, 11) is 1.75. The normalized spacial score (nSPS) is 14.3. The molecular weight excluding hydrogens is 431 g/mol. The molecule has 6 nitrogen and oxygen atoms in total. The molecule has 0 radical (unpaired) electrons. The molecule has 0 aromatic heterocycles. The van der Waals surface area contributed by atoms with E-state index in [1.165, 1.54) is 0 Å². The van der Waals surface area contributed by atoms with E-state index in [0.717, 1.165) is 24.4 Å². The molecule has 7 heteroatoms. The Bertz CT molecular complexity index is 595. The second kappa shape index (κ2) is 9.84. The van der Waals surface area contributed by atoms with E-state index in [1.807, 2.05) is 24.3 Å². The van der Waals surface area contributed by atoms with Gasteiger partial charge in [-0.1, -0.05) is 12.1 Å². The van der Waals surface area contributed by atoms with Crippen molar-refractivity contribution in [3.63, 3.8) is 0 Å². The zero-order valence-electron chi connectivity index (χ0n) is 15.4. The Morgan fingerprint density at radius 2 is 2.04 bits per heavy atom. The van der Waals surface area contributed by atoms with Gasteiger partial charge in [0.25, 0.3) is 5.91 Å². The fraction of sp³-hybridized carbons (Fsp3) is 0.556. The van der Waals surface area contributed by atoms with Crippen LogP contribution in [-0.4, -0.2) is 37.1 Å². The molecular formula is C18H29IN4O2. The summed E-state index contributed by atoms with van der Waals surface area (Å²) < 4.78 is 5.57. The van der Waals surface area contributed by atoms with Gasteiger partial charge in [-0.2, -0.15) is 0 Å². The minimum Gasteiger partial charge on any atom is -0.484 e. The SMILES string of the molecule is CN=C(NCc1cccc(OCC(=O)NC2CC2)c1)NC(C)(C)C.I. The van der Waals surface area contributed by atoms with Crippen LogP contribution in [0.25, 0.3) is 0 Å².